The number of Topliss-reactive ketones (excluding diaryl/α,β-unsaturated/α-hetero) is 4. The van der Waals surface area contributed by atoms with Crippen molar-refractivity contribution in [1.29, 1.82) is 0 Å². The van der Waals surface area contributed by atoms with E-state index in [1.54, 1.807) is 27.7 Å². The zero-order valence-electron chi connectivity index (χ0n) is 34.1. The van der Waals surface area contributed by atoms with Crippen LogP contribution in [0.5, 0.6) is 0 Å². The summed E-state index contributed by atoms with van der Waals surface area (Å²) in [6, 6.07) is 2.59. The van der Waals surface area contributed by atoms with E-state index in [1.807, 2.05) is 0 Å². The second-order valence-electron chi connectivity index (χ2n) is 17.0. The van der Waals surface area contributed by atoms with Crippen LogP contribution >= 0.6 is 0 Å². The average Bonchev–Trinajstić information content (AvgIpc) is 3.43. The molecule has 0 N–H and O–H groups in total. The summed E-state index contributed by atoms with van der Waals surface area (Å²) in [5.74, 6) is 3.92. The van der Waals surface area contributed by atoms with Crippen LogP contribution in [-0.2, 0) is 19.2 Å². The van der Waals surface area contributed by atoms with Gasteiger partial charge in [0, 0.05) is 76.0 Å². The van der Waals surface area contributed by atoms with Crippen LogP contribution < -0.4 is 0 Å². The highest BCUT2D eigenvalue weighted by atomic mass is 16.1. The molecule has 2 atom stereocenters. The van der Waals surface area contributed by atoms with E-state index in [9.17, 15) is 19.2 Å². The fourth-order valence-corrected chi connectivity index (χ4v) is 7.69. The van der Waals surface area contributed by atoms with Crippen molar-refractivity contribution in [3.63, 3.8) is 0 Å². The molecular formula is C42H82N4O4. The van der Waals surface area contributed by atoms with Crippen molar-refractivity contribution in [2.45, 2.75) is 172 Å². The van der Waals surface area contributed by atoms with Gasteiger partial charge < -0.3 is 38.8 Å². The summed E-state index contributed by atoms with van der Waals surface area (Å²) < 4.78 is 0. The number of piperidine rings is 2. The van der Waals surface area contributed by atoms with Gasteiger partial charge in [0.2, 0.25) is 0 Å². The van der Waals surface area contributed by atoms with Crippen molar-refractivity contribution in [3.05, 3.63) is 0 Å². The van der Waals surface area contributed by atoms with Crippen LogP contribution in [-0.4, -0.2) is 119 Å². The molecule has 0 aromatic carbocycles. The normalized spacial score (nSPS) is 22.5. The van der Waals surface area contributed by atoms with Gasteiger partial charge in [-0.1, -0.05) is 7.43 Å². The molecule has 2 unspecified atom stereocenters. The number of rotatable bonds is 12. The molecular weight excluding hydrogens is 624 g/mol. The molecule has 0 amide bonds. The van der Waals surface area contributed by atoms with Crippen molar-refractivity contribution in [3.8, 4) is 0 Å². The largest absolute Gasteiger partial charge is 0.301 e. The summed E-state index contributed by atoms with van der Waals surface area (Å²) in [5.41, 5.74) is 0. The Morgan fingerprint density at radius 1 is 0.420 bits per heavy atom. The molecule has 8 heteroatoms. The molecule has 0 radical (unpaired) electrons. The first kappa shape index (κ1) is 48.5. The van der Waals surface area contributed by atoms with Gasteiger partial charge in [-0.15, -0.1) is 0 Å². The minimum Gasteiger partial charge on any atom is -0.301 e. The molecule has 0 aromatic heterocycles. The zero-order valence-corrected chi connectivity index (χ0v) is 34.1. The lowest BCUT2D eigenvalue weighted by Crippen LogP contribution is -2.50. The lowest BCUT2D eigenvalue weighted by Gasteiger charge is -2.41. The number of hydrogen-bond acceptors (Lipinski definition) is 8. The molecule has 4 heterocycles. The Morgan fingerprint density at radius 3 is 1.10 bits per heavy atom. The van der Waals surface area contributed by atoms with Gasteiger partial charge in [0.1, 0.15) is 23.1 Å². The Morgan fingerprint density at radius 2 is 0.720 bits per heavy atom. The summed E-state index contributed by atoms with van der Waals surface area (Å²) in [7, 11) is 0. The molecule has 0 aromatic rings. The summed E-state index contributed by atoms with van der Waals surface area (Å²) in [5, 5.41) is 0. The third kappa shape index (κ3) is 21.1. The third-order valence-electron chi connectivity index (χ3n) is 10.7. The Hall–Kier alpha value is -1.48. The van der Waals surface area contributed by atoms with E-state index in [0.29, 0.717) is 71.0 Å². The highest BCUT2D eigenvalue weighted by molar-refractivity contribution is 5.76. The fourth-order valence-electron chi connectivity index (χ4n) is 7.69. The Labute approximate surface area is 309 Å². The van der Waals surface area contributed by atoms with Gasteiger partial charge in [0.15, 0.2) is 0 Å². The summed E-state index contributed by atoms with van der Waals surface area (Å²) in [6.07, 6.45) is 9.26. The predicted octanol–water partition coefficient (Wildman–Crippen LogP) is 7.81. The third-order valence-corrected chi connectivity index (χ3v) is 10.7. The lowest BCUT2D eigenvalue weighted by atomic mass is 9.91. The fraction of sp³-hybridized carbons (Fsp3) is 0.905. The highest BCUT2D eigenvalue weighted by Gasteiger charge is 2.29. The molecule has 0 saturated carbocycles. The van der Waals surface area contributed by atoms with E-state index in [4.69, 9.17) is 0 Å². The molecule has 50 heavy (non-hydrogen) atoms. The quantitative estimate of drug-likeness (QED) is 0.203. The first-order valence-corrected chi connectivity index (χ1v) is 19.8. The van der Waals surface area contributed by atoms with Crippen LogP contribution in [0.2, 0.25) is 0 Å². The van der Waals surface area contributed by atoms with Gasteiger partial charge in [-0.3, -0.25) is 0 Å². The maximum Gasteiger partial charge on any atom is 0.130 e. The van der Waals surface area contributed by atoms with E-state index in [-0.39, 0.29) is 7.43 Å². The molecule has 4 rings (SSSR count). The van der Waals surface area contributed by atoms with E-state index >= 15 is 0 Å². The van der Waals surface area contributed by atoms with Gasteiger partial charge in [-0.25, -0.2) is 0 Å². The minimum absolute atomic E-state index is 0. The Balaban J connectivity index is 0.000000637. The molecule has 294 valence electrons. The van der Waals surface area contributed by atoms with E-state index in [0.717, 1.165) is 51.9 Å². The van der Waals surface area contributed by atoms with Crippen molar-refractivity contribution >= 4 is 23.1 Å². The monoisotopic (exact) mass is 707 g/mol. The zero-order chi connectivity index (χ0) is 37.3. The van der Waals surface area contributed by atoms with Crippen LogP contribution in [0, 0.1) is 23.7 Å². The molecule has 0 aliphatic carbocycles. The second-order valence-corrected chi connectivity index (χ2v) is 17.0. The number of carbonyl (C=O) groups is 4. The molecule has 0 spiro atoms. The SMILES string of the molecule is C.CC(=O)CC1CCCN(C(C)C)C1.CC(=O)CC1CCN(C(C)C)C1.CC(=O)CC1CCN(C(C)C)CC1.CC(=O)CC1CN(C(C)C)C1. The topological polar surface area (TPSA) is 81.2 Å². The van der Waals surface area contributed by atoms with Crippen molar-refractivity contribution in [2.75, 3.05) is 52.4 Å². The number of carbonyl (C=O) groups excluding carboxylic acids is 4. The van der Waals surface area contributed by atoms with Crippen molar-refractivity contribution in [1.82, 2.24) is 19.6 Å². The summed E-state index contributed by atoms with van der Waals surface area (Å²) in [6.45, 7) is 33.8. The first-order chi connectivity index (χ1) is 22.9. The Bertz CT molecular complexity index is 967. The van der Waals surface area contributed by atoms with Crippen LogP contribution in [0.1, 0.15) is 148 Å². The van der Waals surface area contributed by atoms with Gasteiger partial charge in [0.05, 0.1) is 0 Å². The molecule has 8 nitrogen and oxygen atoms in total. The van der Waals surface area contributed by atoms with Crippen molar-refractivity contribution in [2.24, 2.45) is 23.7 Å². The van der Waals surface area contributed by atoms with Crippen molar-refractivity contribution < 1.29 is 19.2 Å². The predicted molar refractivity (Wildman–Crippen MR) is 212 cm³/mol. The molecule has 4 aliphatic rings. The highest BCUT2D eigenvalue weighted by Crippen LogP contribution is 2.24. The number of likely N-dealkylation sites (tertiary alicyclic amines) is 4. The number of hydrogen-bond donors (Lipinski definition) is 0. The molecule has 4 saturated heterocycles. The standard InChI is InChI=1S/2C11H21NO.C10H19NO.C9H17NO.CH4/c1-9(2)12-6-4-11(5-7-12)8-10(3)13;1-9(2)12-6-4-5-11(8-12)7-10(3)13;1-8(2)11-5-4-10(7-11)6-9(3)12;1-7(2)10-5-9(6-10)4-8(3)11;/h2*9,11H,4-8H2,1-3H3;8,10H,4-7H2,1-3H3;7,9H,4-6H2,1-3H3;1H4. The van der Waals surface area contributed by atoms with Crippen LogP contribution in [0.3, 0.4) is 0 Å². The summed E-state index contributed by atoms with van der Waals surface area (Å²) in [4.78, 5) is 53.3. The molecule has 4 fully saturated rings. The van der Waals surface area contributed by atoms with Crippen LogP contribution in [0.25, 0.3) is 0 Å². The Kier molecular flexibility index (Phi) is 24.7. The molecule has 0 bridgehead atoms. The van der Waals surface area contributed by atoms with Gasteiger partial charge in [-0.2, -0.15) is 0 Å². The van der Waals surface area contributed by atoms with Crippen LogP contribution in [0.4, 0.5) is 0 Å². The maximum absolute atomic E-state index is 11.0. The summed E-state index contributed by atoms with van der Waals surface area (Å²) >= 11 is 0. The molecule has 4 aliphatic heterocycles. The second kappa shape index (κ2) is 25.5. The average molecular weight is 707 g/mol. The van der Waals surface area contributed by atoms with E-state index in [2.05, 4.69) is 75.0 Å². The van der Waals surface area contributed by atoms with Gasteiger partial charge in [-0.05, 0) is 165 Å². The lowest BCUT2D eigenvalue weighted by molar-refractivity contribution is -0.120. The van der Waals surface area contributed by atoms with Crippen LogP contribution in [0.15, 0.2) is 0 Å². The first-order valence-electron chi connectivity index (χ1n) is 19.8. The van der Waals surface area contributed by atoms with Gasteiger partial charge in [0.25, 0.3) is 0 Å². The smallest absolute Gasteiger partial charge is 0.130 e. The number of nitrogens with zero attached hydrogens (tertiary/aromatic N) is 4. The minimum atomic E-state index is 0. The van der Waals surface area contributed by atoms with E-state index < -0.39 is 0 Å². The van der Waals surface area contributed by atoms with Gasteiger partial charge >= 0.3 is 0 Å². The van der Waals surface area contributed by atoms with E-state index in [1.165, 1.54) is 58.3 Å². The maximum atomic E-state index is 11.0. The number of ketones is 4.